The summed E-state index contributed by atoms with van der Waals surface area (Å²) in [6.07, 6.45) is 1.73. The van der Waals surface area contributed by atoms with Gasteiger partial charge in [0, 0.05) is 6.20 Å². The van der Waals surface area contributed by atoms with Crippen LogP contribution in [0.15, 0.2) is 47.6 Å². The number of anilines is 2. The molecule has 0 saturated heterocycles. The molecule has 1 aromatic carbocycles. The Labute approximate surface area is 92.9 Å². The molecule has 0 fully saturated rings. The van der Waals surface area contributed by atoms with E-state index in [1.165, 1.54) is 0 Å². The van der Waals surface area contributed by atoms with Crippen LogP contribution >= 0.6 is 0 Å². The number of hydrogen-bond donors (Lipinski definition) is 2. The fourth-order valence-corrected chi connectivity index (χ4v) is 1.71. The van der Waals surface area contributed by atoms with E-state index in [9.17, 15) is 0 Å². The number of rotatable bonds is 0. The highest BCUT2D eigenvalue weighted by atomic mass is 15.0. The van der Waals surface area contributed by atoms with Gasteiger partial charge < -0.3 is 11.1 Å². The number of pyridine rings is 1. The SMILES string of the molecule is NC1=Nc2ccccc2Nc2ncccc21. The van der Waals surface area contributed by atoms with Crippen LogP contribution in [0.3, 0.4) is 0 Å². The van der Waals surface area contributed by atoms with Gasteiger partial charge in [0.1, 0.15) is 11.7 Å². The van der Waals surface area contributed by atoms with Crippen LogP contribution in [0.4, 0.5) is 17.2 Å². The van der Waals surface area contributed by atoms with Crippen molar-refractivity contribution in [2.75, 3.05) is 5.32 Å². The molecule has 0 saturated carbocycles. The van der Waals surface area contributed by atoms with Crippen molar-refractivity contribution in [1.29, 1.82) is 0 Å². The third-order valence-electron chi connectivity index (χ3n) is 2.48. The Hall–Kier alpha value is -2.36. The second-order valence-electron chi connectivity index (χ2n) is 3.54. The van der Waals surface area contributed by atoms with Gasteiger partial charge in [0.05, 0.1) is 16.9 Å². The van der Waals surface area contributed by atoms with Crippen LogP contribution in [0.25, 0.3) is 0 Å². The van der Waals surface area contributed by atoms with Crippen molar-refractivity contribution in [2.45, 2.75) is 0 Å². The van der Waals surface area contributed by atoms with Crippen LogP contribution in [-0.2, 0) is 0 Å². The van der Waals surface area contributed by atoms with E-state index >= 15 is 0 Å². The van der Waals surface area contributed by atoms with Crippen molar-refractivity contribution in [1.82, 2.24) is 4.98 Å². The molecule has 3 N–H and O–H groups in total. The van der Waals surface area contributed by atoms with Crippen molar-refractivity contribution >= 4 is 23.0 Å². The Morgan fingerprint density at radius 2 is 1.94 bits per heavy atom. The van der Waals surface area contributed by atoms with Crippen LogP contribution in [0, 0.1) is 0 Å². The molecule has 0 amide bonds. The van der Waals surface area contributed by atoms with Gasteiger partial charge in [-0.1, -0.05) is 12.1 Å². The largest absolute Gasteiger partial charge is 0.383 e. The lowest BCUT2D eigenvalue weighted by Gasteiger charge is -2.06. The second kappa shape index (κ2) is 3.34. The molecule has 4 heteroatoms. The van der Waals surface area contributed by atoms with Crippen LogP contribution < -0.4 is 11.1 Å². The molecule has 78 valence electrons. The van der Waals surface area contributed by atoms with Crippen molar-refractivity contribution in [3.8, 4) is 0 Å². The fourth-order valence-electron chi connectivity index (χ4n) is 1.71. The molecule has 16 heavy (non-hydrogen) atoms. The van der Waals surface area contributed by atoms with Crippen molar-refractivity contribution in [2.24, 2.45) is 10.7 Å². The molecule has 2 aromatic rings. The van der Waals surface area contributed by atoms with Gasteiger partial charge in [-0.2, -0.15) is 0 Å². The van der Waals surface area contributed by atoms with Gasteiger partial charge in [0.2, 0.25) is 0 Å². The molecule has 1 aliphatic heterocycles. The highest BCUT2D eigenvalue weighted by molar-refractivity contribution is 6.05. The fraction of sp³-hybridized carbons (Fsp3) is 0. The van der Waals surface area contributed by atoms with Crippen LogP contribution in [0.1, 0.15) is 5.56 Å². The van der Waals surface area contributed by atoms with E-state index in [0.29, 0.717) is 5.84 Å². The number of aromatic nitrogens is 1. The van der Waals surface area contributed by atoms with E-state index in [2.05, 4.69) is 15.3 Å². The third kappa shape index (κ3) is 1.32. The lowest BCUT2D eigenvalue weighted by atomic mass is 10.2. The summed E-state index contributed by atoms with van der Waals surface area (Å²) in [4.78, 5) is 8.63. The molecule has 1 aromatic heterocycles. The molecule has 0 atom stereocenters. The summed E-state index contributed by atoms with van der Waals surface area (Å²) in [5.74, 6) is 1.23. The zero-order valence-corrected chi connectivity index (χ0v) is 8.51. The number of fused-ring (bicyclic) bond motifs is 2. The third-order valence-corrected chi connectivity index (χ3v) is 2.48. The highest BCUT2D eigenvalue weighted by Gasteiger charge is 2.13. The first-order chi connectivity index (χ1) is 7.84. The molecular weight excluding hydrogens is 200 g/mol. The zero-order valence-electron chi connectivity index (χ0n) is 8.51. The van der Waals surface area contributed by atoms with Gasteiger partial charge >= 0.3 is 0 Å². The number of para-hydroxylation sites is 2. The highest BCUT2D eigenvalue weighted by Crippen LogP contribution is 2.31. The summed E-state index contributed by atoms with van der Waals surface area (Å²) in [6, 6.07) is 11.5. The Bertz CT molecular complexity index is 575. The van der Waals surface area contributed by atoms with E-state index in [-0.39, 0.29) is 0 Å². The first kappa shape index (κ1) is 8.91. The monoisotopic (exact) mass is 210 g/mol. The minimum Gasteiger partial charge on any atom is -0.383 e. The molecule has 4 nitrogen and oxygen atoms in total. The van der Waals surface area contributed by atoms with Crippen molar-refractivity contribution < 1.29 is 0 Å². The van der Waals surface area contributed by atoms with Crippen LogP contribution in [0.5, 0.6) is 0 Å². The molecule has 0 spiro atoms. The molecule has 3 rings (SSSR count). The average Bonchev–Trinajstić information content (AvgIpc) is 2.45. The Morgan fingerprint density at radius 1 is 1.06 bits per heavy atom. The van der Waals surface area contributed by atoms with E-state index in [1.54, 1.807) is 6.20 Å². The molecule has 2 heterocycles. The normalized spacial score (nSPS) is 12.9. The maximum atomic E-state index is 5.93. The predicted molar refractivity (Wildman–Crippen MR) is 64.3 cm³/mol. The first-order valence-corrected chi connectivity index (χ1v) is 5.00. The van der Waals surface area contributed by atoms with Crippen molar-refractivity contribution in [3.63, 3.8) is 0 Å². The minimum atomic E-state index is 0.487. The Balaban J connectivity index is 2.25. The van der Waals surface area contributed by atoms with Gasteiger partial charge in [-0.15, -0.1) is 0 Å². The summed E-state index contributed by atoms with van der Waals surface area (Å²) < 4.78 is 0. The number of hydrogen-bond acceptors (Lipinski definition) is 4. The number of benzene rings is 1. The summed E-state index contributed by atoms with van der Waals surface area (Å²) in [5.41, 5.74) is 8.51. The average molecular weight is 210 g/mol. The van der Waals surface area contributed by atoms with Gasteiger partial charge in [-0.05, 0) is 24.3 Å². The Morgan fingerprint density at radius 3 is 2.88 bits per heavy atom. The summed E-state index contributed by atoms with van der Waals surface area (Å²) in [7, 11) is 0. The molecular formula is C12H10N4. The first-order valence-electron chi connectivity index (χ1n) is 5.00. The predicted octanol–water partition coefficient (Wildman–Crippen LogP) is 2.18. The standard InChI is InChI=1S/C12H10N4/c13-11-8-4-3-7-14-12(8)16-10-6-2-1-5-9(10)15-11/h1-7H,(H2,13,15)(H,14,16). The second-order valence-corrected chi connectivity index (χ2v) is 3.54. The molecule has 0 unspecified atom stereocenters. The molecule has 0 aliphatic carbocycles. The topological polar surface area (TPSA) is 63.3 Å². The summed E-state index contributed by atoms with van der Waals surface area (Å²) in [5, 5.41) is 3.23. The number of amidine groups is 1. The number of aliphatic imine (C=N–C) groups is 1. The maximum absolute atomic E-state index is 5.93. The lowest BCUT2D eigenvalue weighted by Crippen LogP contribution is -2.13. The van der Waals surface area contributed by atoms with Crippen molar-refractivity contribution in [3.05, 3.63) is 48.2 Å². The molecule has 0 radical (unpaired) electrons. The number of nitrogens with two attached hydrogens (primary N) is 1. The molecule has 0 bridgehead atoms. The van der Waals surface area contributed by atoms with Gasteiger partial charge in [0.25, 0.3) is 0 Å². The minimum absolute atomic E-state index is 0.487. The smallest absolute Gasteiger partial charge is 0.141 e. The van der Waals surface area contributed by atoms with E-state index in [1.807, 2.05) is 36.4 Å². The number of nitrogens with zero attached hydrogens (tertiary/aromatic N) is 2. The van der Waals surface area contributed by atoms with Crippen LogP contribution in [0.2, 0.25) is 0 Å². The Kier molecular flexibility index (Phi) is 1.86. The van der Waals surface area contributed by atoms with E-state index in [0.717, 1.165) is 22.8 Å². The quantitative estimate of drug-likeness (QED) is 0.700. The van der Waals surface area contributed by atoms with E-state index < -0.39 is 0 Å². The lowest BCUT2D eigenvalue weighted by molar-refractivity contribution is 1.30. The maximum Gasteiger partial charge on any atom is 0.141 e. The van der Waals surface area contributed by atoms with Crippen LogP contribution in [-0.4, -0.2) is 10.8 Å². The summed E-state index contributed by atoms with van der Waals surface area (Å²) in [6.45, 7) is 0. The van der Waals surface area contributed by atoms with Gasteiger partial charge in [-0.3, -0.25) is 0 Å². The van der Waals surface area contributed by atoms with Gasteiger partial charge in [0.15, 0.2) is 0 Å². The number of nitrogens with one attached hydrogen (secondary N) is 1. The van der Waals surface area contributed by atoms with Gasteiger partial charge in [-0.25, -0.2) is 9.98 Å². The molecule has 1 aliphatic rings. The summed E-state index contributed by atoms with van der Waals surface area (Å²) >= 11 is 0. The zero-order chi connectivity index (χ0) is 11.0. The van der Waals surface area contributed by atoms with E-state index in [4.69, 9.17) is 5.73 Å².